The number of carbonyl (C=O) groups is 1. The van der Waals surface area contributed by atoms with Gasteiger partial charge in [0.05, 0.1) is 6.61 Å². The van der Waals surface area contributed by atoms with Gasteiger partial charge in [0.15, 0.2) is 0 Å². The van der Waals surface area contributed by atoms with Crippen molar-refractivity contribution in [2.75, 3.05) is 19.0 Å². The molecule has 5 heteroatoms. The topological polar surface area (TPSA) is 50.4 Å². The summed E-state index contributed by atoms with van der Waals surface area (Å²) in [6.45, 7) is 0.983. The van der Waals surface area contributed by atoms with E-state index in [1.165, 1.54) is 12.1 Å². The van der Waals surface area contributed by atoms with Crippen molar-refractivity contribution in [3.63, 3.8) is 0 Å². The van der Waals surface area contributed by atoms with Gasteiger partial charge >= 0.3 is 6.03 Å². The van der Waals surface area contributed by atoms with Crippen LogP contribution in [0.25, 0.3) is 0 Å². The van der Waals surface area contributed by atoms with Crippen molar-refractivity contribution in [2.45, 2.75) is 13.0 Å². The number of anilines is 1. The predicted octanol–water partition coefficient (Wildman–Crippen LogP) is 3.34. The van der Waals surface area contributed by atoms with Crippen LogP contribution in [-0.4, -0.2) is 19.7 Å². The summed E-state index contributed by atoms with van der Waals surface area (Å²) in [6.07, 6.45) is 0.650. The second-order valence-electron chi connectivity index (χ2n) is 4.89. The molecule has 0 aromatic heterocycles. The zero-order valence-corrected chi connectivity index (χ0v) is 12.4. The van der Waals surface area contributed by atoms with Crippen LogP contribution >= 0.6 is 0 Å². The highest BCUT2D eigenvalue weighted by Crippen LogP contribution is 2.11. The number of carbonyl (C=O) groups excluding carboxylic acids is 1. The second-order valence-corrected chi connectivity index (χ2v) is 4.89. The minimum Gasteiger partial charge on any atom is -0.380 e. The van der Waals surface area contributed by atoms with Gasteiger partial charge in [0.2, 0.25) is 0 Å². The van der Waals surface area contributed by atoms with E-state index in [0.717, 1.165) is 11.1 Å². The van der Waals surface area contributed by atoms with Gasteiger partial charge in [-0.15, -0.1) is 0 Å². The number of halogens is 1. The molecule has 0 radical (unpaired) electrons. The smallest absolute Gasteiger partial charge is 0.319 e. The Hall–Kier alpha value is -2.40. The Morgan fingerprint density at radius 2 is 1.91 bits per heavy atom. The minimum absolute atomic E-state index is 0.259. The maximum atomic E-state index is 12.8. The molecule has 0 saturated carbocycles. The summed E-state index contributed by atoms with van der Waals surface area (Å²) >= 11 is 0. The molecule has 2 aromatic rings. The third kappa shape index (κ3) is 5.18. The standard InChI is InChI=1S/C17H19FN2O2/c1-22-12-14-3-2-4-16(11-14)20-17(21)19-10-9-13-5-7-15(18)8-6-13/h2-8,11H,9-10,12H2,1H3,(H2,19,20,21). The van der Waals surface area contributed by atoms with E-state index in [2.05, 4.69) is 10.6 Å². The lowest BCUT2D eigenvalue weighted by Gasteiger charge is -2.09. The third-order valence-electron chi connectivity index (χ3n) is 3.11. The number of nitrogens with one attached hydrogen (secondary N) is 2. The number of hydrogen-bond acceptors (Lipinski definition) is 2. The van der Waals surface area contributed by atoms with Crippen molar-refractivity contribution < 1.29 is 13.9 Å². The molecule has 0 heterocycles. The van der Waals surface area contributed by atoms with Gasteiger partial charge in [0.25, 0.3) is 0 Å². The molecule has 2 aromatic carbocycles. The van der Waals surface area contributed by atoms with Crippen LogP contribution in [0.1, 0.15) is 11.1 Å². The third-order valence-corrected chi connectivity index (χ3v) is 3.11. The van der Waals surface area contributed by atoms with Gasteiger partial charge in [-0.1, -0.05) is 24.3 Å². The SMILES string of the molecule is COCc1cccc(NC(=O)NCCc2ccc(F)cc2)c1. The summed E-state index contributed by atoms with van der Waals surface area (Å²) in [4.78, 5) is 11.8. The van der Waals surface area contributed by atoms with E-state index in [1.807, 2.05) is 24.3 Å². The van der Waals surface area contributed by atoms with Gasteiger partial charge in [-0.25, -0.2) is 9.18 Å². The first-order valence-corrected chi connectivity index (χ1v) is 7.04. The summed E-state index contributed by atoms with van der Waals surface area (Å²) in [6, 6.07) is 13.5. The molecular formula is C17H19FN2O2. The Morgan fingerprint density at radius 3 is 2.64 bits per heavy atom. The van der Waals surface area contributed by atoms with Crippen molar-refractivity contribution in [3.8, 4) is 0 Å². The minimum atomic E-state index is -0.267. The van der Waals surface area contributed by atoms with Crippen LogP contribution in [0.15, 0.2) is 48.5 Å². The van der Waals surface area contributed by atoms with Gasteiger partial charge in [0.1, 0.15) is 5.82 Å². The van der Waals surface area contributed by atoms with Crippen molar-refractivity contribution in [2.24, 2.45) is 0 Å². The van der Waals surface area contributed by atoms with Crippen molar-refractivity contribution in [3.05, 3.63) is 65.5 Å². The molecule has 0 saturated heterocycles. The molecule has 4 nitrogen and oxygen atoms in total. The number of rotatable bonds is 6. The average Bonchev–Trinajstić information content (AvgIpc) is 2.50. The highest BCUT2D eigenvalue weighted by molar-refractivity contribution is 5.89. The summed E-state index contributed by atoms with van der Waals surface area (Å²) < 4.78 is 17.8. The normalized spacial score (nSPS) is 10.3. The lowest BCUT2D eigenvalue weighted by molar-refractivity contribution is 0.185. The van der Waals surface area contributed by atoms with Gasteiger partial charge in [-0.05, 0) is 41.8 Å². The number of urea groups is 1. The Labute approximate surface area is 129 Å². The van der Waals surface area contributed by atoms with E-state index in [0.29, 0.717) is 25.3 Å². The first-order chi connectivity index (χ1) is 10.7. The van der Waals surface area contributed by atoms with Crippen molar-refractivity contribution in [1.82, 2.24) is 5.32 Å². The Morgan fingerprint density at radius 1 is 1.14 bits per heavy atom. The van der Waals surface area contributed by atoms with Gasteiger partial charge in [0, 0.05) is 19.3 Å². The number of amides is 2. The van der Waals surface area contributed by atoms with Crippen LogP contribution in [0.3, 0.4) is 0 Å². The summed E-state index contributed by atoms with van der Waals surface area (Å²) in [5, 5.41) is 5.54. The van der Waals surface area contributed by atoms with Crippen LogP contribution < -0.4 is 10.6 Å². The fourth-order valence-corrected chi connectivity index (χ4v) is 2.05. The maximum Gasteiger partial charge on any atom is 0.319 e. The van der Waals surface area contributed by atoms with E-state index in [4.69, 9.17) is 4.74 Å². The number of benzene rings is 2. The van der Waals surface area contributed by atoms with E-state index in [9.17, 15) is 9.18 Å². The first-order valence-electron chi connectivity index (χ1n) is 7.04. The molecule has 22 heavy (non-hydrogen) atoms. The molecule has 0 atom stereocenters. The predicted molar refractivity (Wildman–Crippen MR) is 84.3 cm³/mol. The van der Waals surface area contributed by atoms with Crippen LogP contribution in [0, 0.1) is 5.82 Å². The van der Waals surface area contributed by atoms with E-state index >= 15 is 0 Å². The number of ether oxygens (including phenoxy) is 1. The zero-order chi connectivity index (χ0) is 15.8. The van der Waals surface area contributed by atoms with E-state index in [1.54, 1.807) is 19.2 Å². The molecule has 0 spiro atoms. The highest BCUT2D eigenvalue weighted by Gasteiger charge is 2.02. The Bertz CT molecular complexity index is 614. The molecule has 0 aliphatic carbocycles. The molecule has 116 valence electrons. The maximum absolute atomic E-state index is 12.8. The second kappa shape index (κ2) is 8.14. The Kier molecular flexibility index (Phi) is 5.91. The quantitative estimate of drug-likeness (QED) is 0.860. The number of methoxy groups -OCH3 is 1. The van der Waals surface area contributed by atoms with Crippen molar-refractivity contribution in [1.29, 1.82) is 0 Å². The monoisotopic (exact) mass is 302 g/mol. The number of hydrogen-bond donors (Lipinski definition) is 2. The molecule has 2 N–H and O–H groups in total. The Balaban J connectivity index is 1.78. The summed E-state index contributed by atoms with van der Waals surface area (Å²) in [7, 11) is 1.63. The van der Waals surface area contributed by atoms with Gasteiger partial charge in [-0.3, -0.25) is 0 Å². The molecule has 2 amide bonds. The average molecular weight is 302 g/mol. The molecule has 2 rings (SSSR count). The molecule has 0 bridgehead atoms. The van der Waals surface area contributed by atoms with Crippen molar-refractivity contribution >= 4 is 11.7 Å². The molecular weight excluding hydrogens is 283 g/mol. The molecule has 0 unspecified atom stereocenters. The fraction of sp³-hybridized carbons (Fsp3) is 0.235. The lowest BCUT2D eigenvalue weighted by atomic mass is 10.1. The van der Waals surface area contributed by atoms with Gasteiger partial charge < -0.3 is 15.4 Å². The van der Waals surface area contributed by atoms with Crippen LogP contribution in [0.4, 0.5) is 14.9 Å². The highest BCUT2D eigenvalue weighted by atomic mass is 19.1. The largest absolute Gasteiger partial charge is 0.380 e. The van der Waals surface area contributed by atoms with Crippen LogP contribution in [0.5, 0.6) is 0 Å². The van der Waals surface area contributed by atoms with E-state index < -0.39 is 0 Å². The van der Waals surface area contributed by atoms with Crippen LogP contribution in [0.2, 0.25) is 0 Å². The fourth-order valence-electron chi connectivity index (χ4n) is 2.05. The summed E-state index contributed by atoms with van der Waals surface area (Å²) in [5.41, 5.74) is 2.68. The molecule has 0 aliphatic heterocycles. The van der Waals surface area contributed by atoms with Gasteiger partial charge in [-0.2, -0.15) is 0 Å². The molecule has 0 fully saturated rings. The lowest BCUT2D eigenvalue weighted by Crippen LogP contribution is -2.30. The summed E-state index contributed by atoms with van der Waals surface area (Å²) in [5.74, 6) is -0.259. The molecule has 0 aliphatic rings. The first kappa shape index (κ1) is 16.0. The van der Waals surface area contributed by atoms with Crippen LogP contribution in [-0.2, 0) is 17.8 Å². The zero-order valence-electron chi connectivity index (χ0n) is 12.4. The van der Waals surface area contributed by atoms with E-state index in [-0.39, 0.29) is 11.8 Å².